The maximum Gasteiger partial charge on any atom is 0.252 e. The van der Waals surface area contributed by atoms with Gasteiger partial charge in [0.05, 0.1) is 5.52 Å². The average molecular weight is 380 g/mol. The maximum atomic E-state index is 13.3. The minimum Gasteiger partial charge on any atom is -0.358 e. The molecule has 1 fully saturated rings. The number of piperidine rings is 1. The van der Waals surface area contributed by atoms with Crippen LogP contribution in [0.5, 0.6) is 0 Å². The fourth-order valence-electron chi connectivity index (χ4n) is 3.80. The lowest BCUT2D eigenvalue weighted by atomic mass is 9.87. The number of anilines is 1. The molecule has 0 unspecified atom stereocenters. The number of fused-ring (bicyclic) bond motifs is 1. The van der Waals surface area contributed by atoms with Crippen LogP contribution in [0.15, 0.2) is 48.9 Å². The highest BCUT2D eigenvalue weighted by atomic mass is 16.2. The number of amides is 2. The molecule has 0 radical (unpaired) electrons. The molecule has 8 nitrogen and oxygen atoms in total. The number of rotatable bonds is 5. The molecule has 3 heterocycles. The van der Waals surface area contributed by atoms with Crippen LogP contribution in [0.3, 0.4) is 0 Å². The summed E-state index contributed by atoms with van der Waals surface area (Å²) in [5.41, 5.74) is 0.910. The van der Waals surface area contributed by atoms with Crippen LogP contribution < -0.4 is 16.0 Å². The van der Waals surface area contributed by atoms with E-state index in [-0.39, 0.29) is 18.4 Å². The van der Waals surface area contributed by atoms with E-state index in [4.69, 9.17) is 0 Å². The van der Waals surface area contributed by atoms with Gasteiger partial charge < -0.3 is 20.5 Å². The van der Waals surface area contributed by atoms with Crippen LogP contribution in [0.1, 0.15) is 12.8 Å². The van der Waals surface area contributed by atoms with Gasteiger partial charge in [-0.3, -0.25) is 14.3 Å². The van der Waals surface area contributed by atoms with E-state index in [1.807, 2.05) is 47.3 Å². The Morgan fingerprint density at radius 2 is 2.04 bits per heavy atom. The number of carbonyl (C=O) groups excluding carboxylic acids is 2. The molecular formula is C20H24N6O2. The molecule has 4 rings (SSSR count). The van der Waals surface area contributed by atoms with Crippen LogP contribution in [0.2, 0.25) is 0 Å². The summed E-state index contributed by atoms with van der Waals surface area (Å²) >= 11 is 0. The van der Waals surface area contributed by atoms with E-state index in [0.29, 0.717) is 18.5 Å². The second-order valence-electron chi connectivity index (χ2n) is 7.08. The fraction of sp³-hybridized carbons (Fsp3) is 0.350. The highest BCUT2D eigenvalue weighted by Crippen LogP contribution is 2.29. The van der Waals surface area contributed by atoms with E-state index in [2.05, 4.69) is 21.0 Å². The van der Waals surface area contributed by atoms with E-state index >= 15 is 0 Å². The third-order valence-electron chi connectivity index (χ3n) is 5.42. The molecule has 3 N–H and O–H groups in total. The van der Waals surface area contributed by atoms with Gasteiger partial charge in [0.1, 0.15) is 12.1 Å². The Labute approximate surface area is 162 Å². The summed E-state index contributed by atoms with van der Waals surface area (Å²) in [7, 11) is 1.62. The van der Waals surface area contributed by atoms with Gasteiger partial charge in [-0.15, -0.1) is 0 Å². The molecule has 0 bridgehead atoms. The minimum atomic E-state index is -0.701. The zero-order chi connectivity index (χ0) is 19.6. The molecule has 1 aromatic carbocycles. The minimum absolute atomic E-state index is 0.0681. The zero-order valence-electron chi connectivity index (χ0n) is 15.8. The van der Waals surface area contributed by atoms with Crippen molar-refractivity contribution >= 4 is 28.4 Å². The van der Waals surface area contributed by atoms with Gasteiger partial charge in [0.15, 0.2) is 0 Å². The first-order valence-electron chi connectivity index (χ1n) is 9.44. The van der Waals surface area contributed by atoms with Crippen molar-refractivity contribution in [2.45, 2.75) is 24.9 Å². The van der Waals surface area contributed by atoms with Crippen molar-refractivity contribution in [3.63, 3.8) is 0 Å². The number of hydrogen-bond acceptors (Lipinski definition) is 4. The second kappa shape index (κ2) is 7.47. The van der Waals surface area contributed by atoms with Crippen LogP contribution in [-0.4, -0.2) is 46.3 Å². The SMILES string of the molecule is CNC(=O)Cn1ccc2ccc(NC(=O)C3(n4cccn4)CCNCC3)cc21. The lowest BCUT2D eigenvalue weighted by Gasteiger charge is -2.36. The first kappa shape index (κ1) is 18.2. The number of hydrogen-bond donors (Lipinski definition) is 3. The van der Waals surface area contributed by atoms with E-state index in [0.717, 1.165) is 24.0 Å². The maximum absolute atomic E-state index is 13.3. The third kappa shape index (κ3) is 3.27. The summed E-state index contributed by atoms with van der Waals surface area (Å²) < 4.78 is 3.65. The molecule has 3 aromatic rings. The Morgan fingerprint density at radius 1 is 1.21 bits per heavy atom. The van der Waals surface area contributed by atoms with Gasteiger partial charge in [-0.2, -0.15) is 5.10 Å². The smallest absolute Gasteiger partial charge is 0.252 e. The number of benzene rings is 1. The van der Waals surface area contributed by atoms with E-state index in [9.17, 15) is 9.59 Å². The molecule has 146 valence electrons. The summed E-state index contributed by atoms with van der Waals surface area (Å²) in [5, 5.41) is 14.4. The molecule has 0 saturated carbocycles. The van der Waals surface area contributed by atoms with Gasteiger partial charge in [0, 0.05) is 31.3 Å². The number of carbonyl (C=O) groups is 2. The first-order chi connectivity index (χ1) is 13.6. The Hall–Kier alpha value is -3.13. The molecular weight excluding hydrogens is 356 g/mol. The monoisotopic (exact) mass is 380 g/mol. The number of likely N-dealkylation sites (N-methyl/N-ethyl adjacent to an activating group) is 1. The highest BCUT2D eigenvalue weighted by molar-refractivity contribution is 5.98. The van der Waals surface area contributed by atoms with E-state index < -0.39 is 5.54 Å². The van der Waals surface area contributed by atoms with Crippen molar-refractivity contribution in [3.05, 3.63) is 48.9 Å². The van der Waals surface area contributed by atoms with Crippen molar-refractivity contribution in [2.75, 3.05) is 25.5 Å². The standard InChI is InChI=1S/C20H24N6O2/c1-21-18(27)14-25-12-5-15-3-4-16(13-17(15)25)24-19(28)20(6-9-22-10-7-20)26-11-2-8-23-26/h2-5,8,11-13,22H,6-7,9-10,14H2,1H3,(H,21,27)(H,24,28). The lowest BCUT2D eigenvalue weighted by molar-refractivity contribution is -0.126. The summed E-state index contributed by atoms with van der Waals surface area (Å²) in [4.78, 5) is 25.0. The third-order valence-corrected chi connectivity index (χ3v) is 5.42. The summed E-state index contributed by atoms with van der Waals surface area (Å²) in [5.74, 6) is -0.138. The van der Waals surface area contributed by atoms with Gasteiger partial charge in [0.25, 0.3) is 5.91 Å². The van der Waals surface area contributed by atoms with Crippen molar-refractivity contribution in [2.24, 2.45) is 0 Å². The molecule has 1 saturated heterocycles. The van der Waals surface area contributed by atoms with Crippen molar-refractivity contribution < 1.29 is 9.59 Å². The first-order valence-corrected chi connectivity index (χ1v) is 9.44. The molecule has 2 amide bonds. The van der Waals surface area contributed by atoms with E-state index in [1.165, 1.54) is 0 Å². The second-order valence-corrected chi connectivity index (χ2v) is 7.08. The largest absolute Gasteiger partial charge is 0.358 e. The van der Waals surface area contributed by atoms with Crippen LogP contribution in [-0.2, 0) is 21.7 Å². The normalized spacial score (nSPS) is 16.0. The van der Waals surface area contributed by atoms with Crippen LogP contribution >= 0.6 is 0 Å². The highest BCUT2D eigenvalue weighted by Gasteiger charge is 2.42. The Balaban J connectivity index is 1.62. The number of aromatic nitrogens is 3. The number of nitrogens with zero attached hydrogens (tertiary/aromatic N) is 3. The summed E-state index contributed by atoms with van der Waals surface area (Å²) in [6.07, 6.45) is 6.78. The summed E-state index contributed by atoms with van der Waals surface area (Å²) in [6, 6.07) is 9.56. The predicted octanol–water partition coefficient (Wildman–Crippen LogP) is 1.30. The van der Waals surface area contributed by atoms with Crippen LogP contribution in [0.25, 0.3) is 10.9 Å². The van der Waals surface area contributed by atoms with Gasteiger partial charge >= 0.3 is 0 Å². The Kier molecular flexibility index (Phi) is 4.87. The van der Waals surface area contributed by atoms with Gasteiger partial charge in [-0.1, -0.05) is 6.07 Å². The van der Waals surface area contributed by atoms with Crippen LogP contribution in [0, 0.1) is 0 Å². The molecule has 1 aliphatic heterocycles. The van der Waals surface area contributed by atoms with Crippen molar-refractivity contribution in [1.82, 2.24) is 25.0 Å². The molecule has 0 spiro atoms. The predicted molar refractivity (Wildman–Crippen MR) is 107 cm³/mol. The van der Waals surface area contributed by atoms with Gasteiger partial charge in [-0.05, 0) is 55.6 Å². The zero-order valence-corrected chi connectivity index (χ0v) is 15.8. The average Bonchev–Trinajstić information content (AvgIpc) is 3.39. The fourth-order valence-corrected chi connectivity index (χ4v) is 3.80. The van der Waals surface area contributed by atoms with E-state index in [1.54, 1.807) is 17.9 Å². The Morgan fingerprint density at radius 3 is 2.75 bits per heavy atom. The van der Waals surface area contributed by atoms with Gasteiger partial charge in [-0.25, -0.2) is 0 Å². The van der Waals surface area contributed by atoms with Crippen molar-refractivity contribution in [1.29, 1.82) is 0 Å². The number of nitrogens with one attached hydrogen (secondary N) is 3. The molecule has 2 aromatic heterocycles. The molecule has 8 heteroatoms. The lowest BCUT2D eigenvalue weighted by Crippen LogP contribution is -2.52. The summed E-state index contributed by atoms with van der Waals surface area (Å²) in [6.45, 7) is 1.77. The van der Waals surface area contributed by atoms with Crippen LogP contribution in [0.4, 0.5) is 5.69 Å². The Bertz CT molecular complexity index is 985. The molecule has 28 heavy (non-hydrogen) atoms. The molecule has 0 atom stereocenters. The topological polar surface area (TPSA) is 93.0 Å². The van der Waals surface area contributed by atoms with Gasteiger partial charge in [0.2, 0.25) is 5.91 Å². The quantitative estimate of drug-likeness (QED) is 0.622. The molecule has 0 aliphatic carbocycles. The molecule has 1 aliphatic rings. The van der Waals surface area contributed by atoms with Crippen molar-refractivity contribution in [3.8, 4) is 0 Å².